The predicted octanol–water partition coefficient (Wildman–Crippen LogP) is 7.04. The van der Waals surface area contributed by atoms with Crippen molar-refractivity contribution in [2.24, 2.45) is 0 Å². The van der Waals surface area contributed by atoms with Crippen molar-refractivity contribution < 1.29 is 28.2 Å². The van der Waals surface area contributed by atoms with Gasteiger partial charge in [0.2, 0.25) is 0 Å². The van der Waals surface area contributed by atoms with E-state index < -0.39 is 29.5 Å². The van der Waals surface area contributed by atoms with Crippen molar-refractivity contribution in [3.63, 3.8) is 0 Å². The summed E-state index contributed by atoms with van der Waals surface area (Å²) in [5, 5.41) is 19.3. The van der Waals surface area contributed by atoms with E-state index in [4.69, 9.17) is 21.1 Å². The number of hydrogen-bond acceptors (Lipinski definition) is 5. The standard InChI is InChI=1S/C27H18ClF2N3O4/c1-33(27(34)35)21-4-2-3-18(11-21)19-9-17(14-31)10-22(12-19)37-26-24(30)13-23(29)25(32-26)36-15-16-5-7-20(28)8-6-16/h2-13H,15H2,1H3,(H,34,35). The first-order valence-electron chi connectivity index (χ1n) is 10.8. The molecule has 1 heterocycles. The van der Waals surface area contributed by atoms with Crippen LogP contribution in [-0.2, 0) is 6.61 Å². The Morgan fingerprint density at radius 2 is 1.76 bits per heavy atom. The summed E-state index contributed by atoms with van der Waals surface area (Å²) in [5.41, 5.74) is 2.40. The van der Waals surface area contributed by atoms with Crippen LogP contribution in [0.3, 0.4) is 0 Å². The van der Waals surface area contributed by atoms with E-state index in [0.29, 0.717) is 33.5 Å². The Morgan fingerprint density at radius 3 is 2.46 bits per heavy atom. The number of benzene rings is 3. The van der Waals surface area contributed by atoms with E-state index in [1.807, 2.05) is 6.07 Å². The quantitative estimate of drug-likeness (QED) is 0.280. The highest BCUT2D eigenvalue weighted by atomic mass is 35.5. The van der Waals surface area contributed by atoms with Gasteiger partial charge in [0, 0.05) is 23.8 Å². The monoisotopic (exact) mass is 521 g/mol. The molecule has 186 valence electrons. The molecule has 0 fully saturated rings. The number of amides is 1. The van der Waals surface area contributed by atoms with Crippen molar-refractivity contribution in [1.82, 2.24) is 4.98 Å². The second-order valence-electron chi connectivity index (χ2n) is 7.83. The Kier molecular flexibility index (Phi) is 7.51. The molecule has 0 aliphatic heterocycles. The molecule has 0 unspecified atom stereocenters. The maximum absolute atomic E-state index is 14.5. The lowest BCUT2D eigenvalue weighted by molar-refractivity contribution is 0.203. The molecule has 4 aromatic rings. The highest BCUT2D eigenvalue weighted by Gasteiger charge is 2.17. The number of nitriles is 1. The third-order valence-corrected chi connectivity index (χ3v) is 5.51. The van der Waals surface area contributed by atoms with Crippen LogP contribution in [0, 0.1) is 23.0 Å². The van der Waals surface area contributed by atoms with E-state index in [1.54, 1.807) is 54.6 Å². The number of carboxylic acid groups (broad SMARTS) is 1. The average Bonchev–Trinajstić information content (AvgIpc) is 2.89. The fourth-order valence-corrected chi connectivity index (χ4v) is 3.47. The summed E-state index contributed by atoms with van der Waals surface area (Å²) in [4.78, 5) is 16.2. The first-order chi connectivity index (χ1) is 17.7. The molecule has 0 spiro atoms. The molecule has 0 aliphatic carbocycles. The number of aromatic nitrogens is 1. The van der Waals surface area contributed by atoms with Gasteiger partial charge in [0.05, 0.1) is 11.6 Å². The Balaban J connectivity index is 1.63. The molecule has 4 rings (SSSR count). The summed E-state index contributed by atoms with van der Waals surface area (Å²) in [6.45, 7) is -0.0403. The maximum Gasteiger partial charge on any atom is 0.411 e. The van der Waals surface area contributed by atoms with Crippen LogP contribution < -0.4 is 14.4 Å². The number of nitrogens with zero attached hydrogens (tertiary/aromatic N) is 3. The lowest BCUT2D eigenvalue weighted by Crippen LogP contribution is -2.23. The van der Waals surface area contributed by atoms with Crippen LogP contribution in [0.25, 0.3) is 11.1 Å². The molecule has 10 heteroatoms. The van der Waals surface area contributed by atoms with Gasteiger partial charge >= 0.3 is 6.09 Å². The molecule has 0 radical (unpaired) electrons. The van der Waals surface area contributed by atoms with Gasteiger partial charge in [0.1, 0.15) is 12.4 Å². The van der Waals surface area contributed by atoms with Gasteiger partial charge in [-0.15, -0.1) is 0 Å². The van der Waals surface area contributed by atoms with Crippen LogP contribution >= 0.6 is 11.6 Å². The number of halogens is 3. The van der Waals surface area contributed by atoms with E-state index in [1.165, 1.54) is 19.2 Å². The number of anilines is 1. The Bertz CT molecular complexity index is 1510. The second kappa shape index (κ2) is 10.9. The van der Waals surface area contributed by atoms with Crippen LogP contribution in [0.15, 0.2) is 72.8 Å². The fraction of sp³-hybridized carbons (Fsp3) is 0.0741. The van der Waals surface area contributed by atoms with E-state index in [9.17, 15) is 23.9 Å². The minimum absolute atomic E-state index is 0.0403. The van der Waals surface area contributed by atoms with Crippen LogP contribution in [0.5, 0.6) is 17.5 Å². The number of ether oxygens (including phenoxy) is 2. The average molecular weight is 522 g/mol. The van der Waals surface area contributed by atoms with Crippen molar-refractivity contribution in [2.75, 3.05) is 11.9 Å². The van der Waals surface area contributed by atoms with Crippen molar-refractivity contribution in [1.29, 1.82) is 5.26 Å². The zero-order valence-corrected chi connectivity index (χ0v) is 20.0. The zero-order valence-electron chi connectivity index (χ0n) is 19.3. The van der Waals surface area contributed by atoms with Crippen molar-refractivity contribution in [3.05, 3.63) is 101 Å². The molecule has 0 atom stereocenters. The molecule has 3 aromatic carbocycles. The maximum atomic E-state index is 14.5. The van der Waals surface area contributed by atoms with Gasteiger partial charge in [-0.05, 0) is 59.2 Å². The van der Waals surface area contributed by atoms with Gasteiger partial charge in [-0.25, -0.2) is 13.6 Å². The molecular weight excluding hydrogens is 504 g/mol. The zero-order chi connectivity index (χ0) is 26.5. The third kappa shape index (κ3) is 6.12. The second-order valence-corrected chi connectivity index (χ2v) is 8.27. The minimum Gasteiger partial charge on any atom is -0.471 e. The molecule has 7 nitrogen and oxygen atoms in total. The van der Waals surface area contributed by atoms with E-state index in [0.717, 1.165) is 4.90 Å². The summed E-state index contributed by atoms with van der Waals surface area (Å²) >= 11 is 5.86. The largest absolute Gasteiger partial charge is 0.471 e. The van der Waals surface area contributed by atoms with Crippen LogP contribution in [0.2, 0.25) is 5.02 Å². The molecule has 0 saturated heterocycles. The van der Waals surface area contributed by atoms with Gasteiger partial charge in [0.15, 0.2) is 11.6 Å². The van der Waals surface area contributed by atoms with Gasteiger partial charge in [-0.2, -0.15) is 10.2 Å². The van der Waals surface area contributed by atoms with Crippen LogP contribution in [0.1, 0.15) is 11.1 Å². The van der Waals surface area contributed by atoms with E-state index in [-0.39, 0.29) is 17.9 Å². The first-order valence-corrected chi connectivity index (χ1v) is 11.1. The summed E-state index contributed by atoms with van der Waals surface area (Å²) in [5.74, 6) is -3.02. The lowest BCUT2D eigenvalue weighted by Gasteiger charge is -2.15. The first kappa shape index (κ1) is 25.4. The summed E-state index contributed by atoms with van der Waals surface area (Å²) < 4.78 is 39.8. The normalized spacial score (nSPS) is 10.5. The number of rotatable bonds is 7. The predicted molar refractivity (Wildman–Crippen MR) is 133 cm³/mol. The summed E-state index contributed by atoms with van der Waals surface area (Å²) in [6, 6.07) is 20.4. The number of pyridine rings is 1. The number of carbonyl (C=O) groups is 1. The summed E-state index contributed by atoms with van der Waals surface area (Å²) in [7, 11) is 1.40. The minimum atomic E-state index is -1.14. The Morgan fingerprint density at radius 1 is 1.03 bits per heavy atom. The van der Waals surface area contributed by atoms with Gasteiger partial charge in [-0.3, -0.25) is 4.90 Å². The molecule has 1 aromatic heterocycles. The van der Waals surface area contributed by atoms with Crippen molar-refractivity contribution in [2.45, 2.75) is 6.61 Å². The lowest BCUT2D eigenvalue weighted by atomic mass is 10.0. The number of hydrogen-bond donors (Lipinski definition) is 1. The van der Waals surface area contributed by atoms with Crippen LogP contribution in [-0.4, -0.2) is 23.2 Å². The molecule has 0 saturated carbocycles. The van der Waals surface area contributed by atoms with Gasteiger partial charge in [0.25, 0.3) is 11.8 Å². The molecule has 0 aliphatic rings. The van der Waals surface area contributed by atoms with Gasteiger partial charge < -0.3 is 14.6 Å². The smallest absolute Gasteiger partial charge is 0.411 e. The Hall–Kier alpha value is -4.68. The highest BCUT2D eigenvalue weighted by molar-refractivity contribution is 6.30. The Labute approximate surface area is 215 Å². The topological polar surface area (TPSA) is 95.7 Å². The van der Waals surface area contributed by atoms with Crippen molar-refractivity contribution >= 4 is 23.4 Å². The molecule has 0 bridgehead atoms. The summed E-state index contributed by atoms with van der Waals surface area (Å²) in [6.07, 6.45) is -1.14. The van der Waals surface area contributed by atoms with Crippen LogP contribution in [0.4, 0.5) is 19.3 Å². The van der Waals surface area contributed by atoms with Gasteiger partial charge in [-0.1, -0.05) is 35.9 Å². The fourth-order valence-electron chi connectivity index (χ4n) is 3.34. The molecule has 1 N–H and O–H groups in total. The van der Waals surface area contributed by atoms with Crippen molar-refractivity contribution in [3.8, 4) is 34.7 Å². The van der Waals surface area contributed by atoms with E-state index >= 15 is 0 Å². The SMILES string of the molecule is CN(C(=O)O)c1cccc(-c2cc(C#N)cc(Oc3nc(OCc4ccc(Cl)cc4)c(F)cc3F)c2)c1. The molecule has 1 amide bonds. The van der Waals surface area contributed by atoms with E-state index in [2.05, 4.69) is 4.98 Å². The molecular formula is C27H18ClF2N3O4. The molecule has 37 heavy (non-hydrogen) atoms. The third-order valence-electron chi connectivity index (χ3n) is 5.26. The highest BCUT2D eigenvalue weighted by Crippen LogP contribution is 2.33.